The van der Waals surface area contributed by atoms with Crippen LogP contribution in [0.1, 0.15) is 16.8 Å². The summed E-state index contributed by atoms with van der Waals surface area (Å²) < 4.78 is 39.9. The molecule has 1 aliphatic rings. The number of aromatic nitrogens is 1. The van der Waals surface area contributed by atoms with E-state index in [1.165, 1.54) is 12.1 Å². The average Bonchev–Trinajstić information content (AvgIpc) is 3.19. The van der Waals surface area contributed by atoms with Crippen LogP contribution in [0.2, 0.25) is 0 Å². The van der Waals surface area contributed by atoms with Gasteiger partial charge < -0.3 is 9.88 Å². The Morgan fingerprint density at radius 3 is 2.38 bits per heavy atom. The van der Waals surface area contributed by atoms with Crippen LogP contribution in [0.5, 0.6) is 0 Å². The van der Waals surface area contributed by atoms with Gasteiger partial charge in [-0.1, -0.05) is 18.2 Å². The Bertz CT molecular complexity index is 1010. The number of para-hydroxylation sites is 1. The van der Waals surface area contributed by atoms with E-state index >= 15 is 0 Å². The molecular formula is C20H13F3N2O. The van der Waals surface area contributed by atoms with E-state index in [9.17, 15) is 18.0 Å². The van der Waals surface area contributed by atoms with Crippen LogP contribution < -0.4 is 5.32 Å². The summed E-state index contributed by atoms with van der Waals surface area (Å²) in [5.41, 5.74) is 2.66. The number of carbonyl (C=O) groups is 1. The van der Waals surface area contributed by atoms with Crippen LogP contribution in [-0.4, -0.2) is 10.5 Å². The molecule has 1 aromatic heterocycles. The van der Waals surface area contributed by atoms with Crippen LogP contribution in [0.3, 0.4) is 0 Å². The van der Waals surface area contributed by atoms with Crippen LogP contribution in [0.25, 0.3) is 17.3 Å². The van der Waals surface area contributed by atoms with Crippen molar-refractivity contribution < 1.29 is 18.0 Å². The van der Waals surface area contributed by atoms with Crippen LogP contribution in [-0.2, 0) is 11.0 Å². The van der Waals surface area contributed by atoms with E-state index in [1.54, 1.807) is 29.0 Å². The van der Waals surface area contributed by atoms with E-state index in [4.69, 9.17) is 0 Å². The largest absolute Gasteiger partial charge is 0.416 e. The molecule has 3 aromatic rings. The van der Waals surface area contributed by atoms with Gasteiger partial charge in [0.05, 0.1) is 11.1 Å². The zero-order chi connectivity index (χ0) is 18.3. The summed E-state index contributed by atoms with van der Waals surface area (Å²) in [7, 11) is 0. The number of alkyl halides is 3. The molecule has 0 bridgehead atoms. The quantitative estimate of drug-likeness (QED) is 0.647. The number of anilines is 1. The molecule has 1 N–H and O–H groups in total. The molecule has 2 heterocycles. The van der Waals surface area contributed by atoms with Gasteiger partial charge in [0.25, 0.3) is 5.91 Å². The normalized spacial score (nSPS) is 15.2. The molecule has 1 amide bonds. The zero-order valence-electron chi connectivity index (χ0n) is 13.4. The number of hydrogen-bond donors (Lipinski definition) is 1. The minimum atomic E-state index is -4.37. The lowest BCUT2D eigenvalue weighted by atomic mass is 10.1. The average molecular weight is 354 g/mol. The number of hydrogen-bond acceptors (Lipinski definition) is 1. The number of nitrogens with zero attached hydrogens (tertiary/aromatic N) is 1. The number of nitrogens with one attached hydrogen (secondary N) is 1. The number of halogens is 3. The topological polar surface area (TPSA) is 34.0 Å². The van der Waals surface area contributed by atoms with Gasteiger partial charge in [-0.2, -0.15) is 13.2 Å². The molecule has 0 fully saturated rings. The summed E-state index contributed by atoms with van der Waals surface area (Å²) in [5.74, 6) is -0.202. The molecular weight excluding hydrogens is 341 g/mol. The molecule has 0 unspecified atom stereocenters. The molecule has 0 atom stereocenters. The lowest BCUT2D eigenvalue weighted by Crippen LogP contribution is -2.05. The van der Waals surface area contributed by atoms with Gasteiger partial charge in [-0.05, 0) is 48.5 Å². The summed E-state index contributed by atoms with van der Waals surface area (Å²) in [6.45, 7) is 0. The number of carbonyl (C=O) groups excluding carboxylic acids is 1. The Morgan fingerprint density at radius 2 is 1.65 bits per heavy atom. The van der Waals surface area contributed by atoms with Crippen molar-refractivity contribution in [2.24, 2.45) is 0 Å². The molecule has 0 spiro atoms. The van der Waals surface area contributed by atoms with Gasteiger partial charge in [-0.3, -0.25) is 4.79 Å². The van der Waals surface area contributed by atoms with Crippen LogP contribution in [0.15, 0.2) is 66.9 Å². The van der Waals surface area contributed by atoms with Crippen molar-refractivity contribution in [2.45, 2.75) is 6.18 Å². The van der Waals surface area contributed by atoms with E-state index in [1.807, 2.05) is 24.3 Å². The van der Waals surface area contributed by atoms with E-state index in [0.717, 1.165) is 23.4 Å². The van der Waals surface area contributed by atoms with Gasteiger partial charge in [0, 0.05) is 28.8 Å². The maximum absolute atomic E-state index is 12.7. The van der Waals surface area contributed by atoms with Crippen molar-refractivity contribution in [3.8, 4) is 5.69 Å². The third-order valence-corrected chi connectivity index (χ3v) is 4.26. The Hall–Kier alpha value is -3.28. The van der Waals surface area contributed by atoms with Crippen molar-refractivity contribution in [1.29, 1.82) is 0 Å². The second-order valence-electron chi connectivity index (χ2n) is 5.91. The van der Waals surface area contributed by atoms with Crippen molar-refractivity contribution in [3.05, 3.63) is 83.7 Å². The van der Waals surface area contributed by atoms with Crippen molar-refractivity contribution in [2.75, 3.05) is 5.32 Å². The summed E-state index contributed by atoms with van der Waals surface area (Å²) in [4.78, 5) is 12.2. The smallest absolute Gasteiger partial charge is 0.321 e. The van der Waals surface area contributed by atoms with E-state index < -0.39 is 11.7 Å². The molecule has 1 aliphatic heterocycles. The van der Waals surface area contributed by atoms with Gasteiger partial charge in [0.15, 0.2) is 0 Å². The molecule has 2 aromatic carbocycles. The van der Waals surface area contributed by atoms with Gasteiger partial charge in [-0.25, -0.2) is 0 Å². The molecule has 0 aliphatic carbocycles. The minimum Gasteiger partial charge on any atom is -0.321 e. The maximum atomic E-state index is 12.7. The Kier molecular flexibility index (Phi) is 3.68. The predicted molar refractivity (Wildman–Crippen MR) is 93.7 cm³/mol. The third-order valence-electron chi connectivity index (χ3n) is 4.26. The third kappa shape index (κ3) is 2.79. The highest BCUT2D eigenvalue weighted by Crippen LogP contribution is 2.33. The van der Waals surface area contributed by atoms with Crippen molar-refractivity contribution in [1.82, 2.24) is 4.57 Å². The Labute approximate surface area is 147 Å². The summed E-state index contributed by atoms with van der Waals surface area (Å²) in [5, 5.41) is 2.80. The second kappa shape index (κ2) is 5.91. The number of amides is 1. The summed E-state index contributed by atoms with van der Waals surface area (Å²) in [6, 6.07) is 15.9. The number of benzene rings is 2. The van der Waals surface area contributed by atoms with Gasteiger partial charge in [0.1, 0.15) is 0 Å². The molecule has 4 rings (SSSR count). The SMILES string of the molecule is O=C1Nc2ccccc2/C1=C\c1cccn1-c1ccc(C(F)(F)F)cc1. The molecule has 0 radical (unpaired) electrons. The van der Waals surface area contributed by atoms with Gasteiger partial charge >= 0.3 is 6.18 Å². The first-order chi connectivity index (χ1) is 12.4. The fourth-order valence-corrected chi connectivity index (χ4v) is 2.99. The maximum Gasteiger partial charge on any atom is 0.416 e. The van der Waals surface area contributed by atoms with Crippen LogP contribution in [0.4, 0.5) is 18.9 Å². The lowest BCUT2D eigenvalue weighted by molar-refractivity contribution is -0.137. The summed E-state index contributed by atoms with van der Waals surface area (Å²) in [6.07, 6.45) is -0.891. The molecule has 6 heteroatoms. The monoisotopic (exact) mass is 354 g/mol. The Balaban J connectivity index is 1.74. The standard InChI is InChI=1S/C20H13F3N2O/c21-20(22,23)13-7-9-14(10-8-13)25-11-3-4-15(25)12-17-16-5-1-2-6-18(16)24-19(17)26/h1-12H,(H,24,26)/b17-12+. The fraction of sp³-hybridized carbons (Fsp3) is 0.0500. The molecule has 0 saturated carbocycles. The minimum absolute atomic E-state index is 0.202. The highest BCUT2D eigenvalue weighted by molar-refractivity contribution is 6.34. The molecule has 0 saturated heterocycles. The van der Waals surface area contributed by atoms with Crippen LogP contribution >= 0.6 is 0 Å². The Morgan fingerprint density at radius 1 is 0.923 bits per heavy atom. The highest BCUT2D eigenvalue weighted by atomic mass is 19.4. The van der Waals surface area contributed by atoms with Gasteiger partial charge in [-0.15, -0.1) is 0 Å². The number of rotatable bonds is 2. The fourth-order valence-electron chi connectivity index (χ4n) is 2.99. The molecule has 26 heavy (non-hydrogen) atoms. The predicted octanol–water partition coefficient (Wildman–Crippen LogP) is 4.99. The van der Waals surface area contributed by atoms with Crippen molar-refractivity contribution in [3.63, 3.8) is 0 Å². The first-order valence-electron chi connectivity index (χ1n) is 7.91. The summed E-state index contributed by atoms with van der Waals surface area (Å²) >= 11 is 0. The lowest BCUT2D eigenvalue weighted by Gasteiger charge is -2.10. The second-order valence-corrected chi connectivity index (χ2v) is 5.91. The molecule has 130 valence electrons. The first kappa shape index (κ1) is 16.2. The van der Waals surface area contributed by atoms with E-state index in [-0.39, 0.29) is 5.91 Å². The van der Waals surface area contributed by atoms with Crippen LogP contribution in [0, 0.1) is 0 Å². The number of fused-ring (bicyclic) bond motifs is 1. The van der Waals surface area contributed by atoms with Crippen molar-refractivity contribution >= 4 is 23.2 Å². The van der Waals surface area contributed by atoms with Gasteiger partial charge in [0.2, 0.25) is 0 Å². The first-order valence-corrected chi connectivity index (χ1v) is 7.91. The van der Waals surface area contributed by atoms with E-state index in [2.05, 4.69) is 5.32 Å². The van der Waals surface area contributed by atoms with E-state index in [0.29, 0.717) is 17.0 Å². The zero-order valence-corrected chi connectivity index (χ0v) is 13.4. The highest BCUT2D eigenvalue weighted by Gasteiger charge is 2.30. The molecule has 3 nitrogen and oxygen atoms in total.